The van der Waals surface area contributed by atoms with Crippen LogP contribution in [0.4, 0.5) is 21.9 Å². The van der Waals surface area contributed by atoms with Crippen LogP contribution in [0.2, 0.25) is 0 Å². The summed E-state index contributed by atoms with van der Waals surface area (Å²) in [7, 11) is 3.09. The number of methoxy groups -OCH3 is 2. The highest BCUT2D eigenvalue weighted by molar-refractivity contribution is 6.04. The van der Waals surface area contributed by atoms with E-state index in [0.29, 0.717) is 28.4 Å². The standard InChI is InChI=1S/C28H32N4O4/c1-19(20-9-5-4-6-10-20)29-27(33)25-17-21(11-12-26(25)32-13-7-8-14-32)30-28(34)31-22-15-23(35-2)18-24(16-22)36-3/h4-6,9-12,15-19H,7-8,13-14H2,1-3H3,(H,29,33)(H2,30,31,34). The highest BCUT2D eigenvalue weighted by atomic mass is 16.5. The first-order chi connectivity index (χ1) is 17.5. The van der Waals surface area contributed by atoms with Gasteiger partial charge in [-0.25, -0.2) is 4.79 Å². The Labute approximate surface area is 211 Å². The number of nitrogens with one attached hydrogen (secondary N) is 3. The third kappa shape index (κ3) is 6.07. The molecule has 3 amide bonds. The zero-order chi connectivity index (χ0) is 25.5. The number of amides is 3. The van der Waals surface area contributed by atoms with Crippen molar-refractivity contribution in [2.24, 2.45) is 0 Å². The number of rotatable bonds is 8. The van der Waals surface area contributed by atoms with E-state index >= 15 is 0 Å². The Morgan fingerprint density at radius 3 is 2.11 bits per heavy atom. The summed E-state index contributed by atoms with van der Waals surface area (Å²) in [6.07, 6.45) is 2.18. The van der Waals surface area contributed by atoms with Crippen LogP contribution in [0.25, 0.3) is 0 Å². The summed E-state index contributed by atoms with van der Waals surface area (Å²) in [6, 6.07) is 19.8. The highest BCUT2D eigenvalue weighted by Crippen LogP contribution is 2.29. The lowest BCUT2D eigenvalue weighted by Crippen LogP contribution is -2.30. The van der Waals surface area contributed by atoms with Gasteiger partial charge in [-0.2, -0.15) is 0 Å². The van der Waals surface area contributed by atoms with Crippen molar-refractivity contribution in [1.29, 1.82) is 0 Å². The lowest BCUT2D eigenvalue weighted by Gasteiger charge is -2.23. The van der Waals surface area contributed by atoms with Crippen LogP contribution in [0.15, 0.2) is 66.7 Å². The van der Waals surface area contributed by atoms with Gasteiger partial charge in [0.15, 0.2) is 0 Å². The van der Waals surface area contributed by atoms with Gasteiger partial charge in [-0.3, -0.25) is 4.79 Å². The topological polar surface area (TPSA) is 91.9 Å². The lowest BCUT2D eigenvalue weighted by molar-refractivity contribution is 0.0940. The maximum absolute atomic E-state index is 13.4. The van der Waals surface area contributed by atoms with E-state index in [0.717, 1.165) is 37.2 Å². The van der Waals surface area contributed by atoms with Crippen LogP contribution >= 0.6 is 0 Å². The fourth-order valence-electron chi connectivity index (χ4n) is 4.30. The Morgan fingerprint density at radius 2 is 1.47 bits per heavy atom. The van der Waals surface area contributed by atoms with Crippen LogP contribution < -0.4 is 30.3 Å². The van der Waals surface area contributed by atoms with Crippen molar-refractivity contribution >= 4 is 29.0 Å². The molecule has 1 aliphatic heterocycles. The molecular weight excluding hydrogens is 456 g/mol. The molecule has 0 saturated carbocycles. The SMILES string of the molecule is COc1cc(NC(=O)Nc2ccc(N3CCCC3)c(C(=O)NC(C)c3ccccc3)c2)cc(OC)c1. The van der Waals surface area contributed by atoms with Crippen LogP contribution in [0.5, 0.6) is 11.5 Å². The summed E-state index contributed by atoms with van der Waals surface area (Å²) in [4.78, 5) is 28.4. The molecule has 188 valence electrons. The maximum atomic E-state index is 13.4. The first-order valence-corrected chi connectivity index (χ1v) is 12.0. The van der Waals surface area contributed by atoms with E-state index < -0.39 is 6.03 Å². The van der Waals surface area contributed by atoms with Crippen molar-refractivity contribution in [1.82, 2.24) is 5.32 Å². The van der Waals surface area contributed by atoms with Gasteiger partial charge in [0.2, 0.25) is 0 Å². The first kappa shape index (κ1) is 24.9. The van der Waals surface area contributed by atoms with Crippen molar-refractivity contribution in [3.8, 4) is 11.5 Å². The Bertz CT molecular complexity index is 1190. The highest BCUT2D eigenvalue weighted by Gasteiger charge is 2.22. The molecule has 1 saturated heterocycles. The van der Waals surface area contributed by atoms with E-state index in [1.165, 1.54) is 0 Å². The monoisotopic (exact) mass is 488 g/mol. The van der Waals surface area contributed by atoms with Crippen molar-refractivity contribution in [3.05, 3.63) is 77.9 Å². The molecule has 3 aromatic carbocycles. The fourth-order valence-corrected chi connectivity index (χ4v) is 4.30. The second kappa shape index (κ2) is 11.5. The second-order valence-electron chi connectivity index (χ2n) is 8.71. The number of hydrogen-bond donors (Lipinski definition) is 3. The molecule has 0 aliphatic carbocycles. The normalized spacial score (nSPS) is 13.6. The van der Waals surface area contributed by atoms with E-state index in [4.69, 9.17) is 9.47 Å². The van der Waals surface area contributed by atoms with Crippen molar-refractivity contribution in [2.45, 2.75) is 25.8 Å². The molecule has 0 aromatic heterocycles. The van der Waals surface area contributed by atoms with Gasteiger partial charge in [0.05, 0.1) is 25.8 Å². The Kier molecular flexibility index (Phi) is 7.95. The number of hydrogen-bond acceptors (Lipinski definition) is 5. The zero-order valence-corrected chi connectivity index (χ0v) is 20.8. The molecule has 1 heterocycles. The number of benzene rings is 3. The molecule has 0 spiro atoms. The van der Waals surface area contributed by atoms with Gasteiger partial charge < -0.3 is 30.3 Å². The lowest BCUT2D eigenvalue weighted by atomic mass is 10.1. The van der Waals surface area contributed by atoms with Gasteiger partial charge in [-0.1, -0.05) is 30.3 Å². The quantitative estimate of drug-likeness (QED) is 0.393. The Morgan fingerprint density at radius 1 is 0.833 bits per heavy atom. The van der Waals surface area contributed by atoms with Crippen LogP contribution in [0, 0.1) is 0 Å². The van der Waals surface area contributed by atoms with Crippen molar-refractivity contribution < 1.29 is 19.1 Å². The smallest absolute Gasteiger partial charge is 0.323 e. The van der Waals surface area contributed by atoms with Crippen molar-refractivity contribution in [2.75, 3.05) is 42.8 Å². The largest absolute Gasteiger partial charge is 0.497 e. The van der Waals surface area contributed by atoms with Gasteiger partial charge in [-0.15, -0.1) is 0 Å². The zero-order valence-electron chi connectivity index (χ0n) is 20.8. The van der Waals surface area contributed by atoms with Crippen LogP contribution in [0.3, 0.4) is 0 Å². The third-order valence-electron chi connectivity index (χ3n) is 6.20. The molecule has 1 unspecified atom stereocenters. The minimum Gasteiger partial charge on any atom is -0.497 e. The van der Waals surface area contributed by atoms with Gasteiger partial charge >= 0.3 is 6.03 Å². The van der Waals surface area contributed by atoms with Gasteiger partial charge in [0, 0.05) is 48.4 Å². The van der Waals surface area contributed by atoms with E-state index in [-0.39, 0.29) is 11.9 Å². The number of carbonyl (C=O) groups excluding carboxylic acids is 2. The summed E-state index contributed by atoms with van der Waals surface area (Å²) in [6.45, 7) is 3.76. The average Bonchev–Trinajstić information content (AvgIpc) is 3.43. The molecule has 1 aliphatic rings. The van der Waals surface area contributed by atoms with E-state index in [2.05, 4.69) is 20.9 Å². The predicted molar refractivity (Wildman–Crippen MR) is 142 cm³/mol. The molecule has 3 N–H and O–H groups in total. The third-order valence-corrected chi connectivity index (χ3v) is 6.20. The summed E-state index contributed by atoms with van der Waals surface area (Å²) in [5, 5.41) is 8.72. The number of ether oxygens (including phenoxy) is 2. The summed E-state index contributed by atoms with van der Waals surface area (Å²) >= 11 is 0. The maximum Gasteiger partial charge on any atom is 0.323 e. The minimum atomic E-state index is -0.441. The summed E-state index contributed by atoms with van der Waals surface area (Å²) in [5.74, 6) is 0.937. The van der Waals surface area contributed by atoms with E-state index in [9.17, 15) is 9.59 Å². The molecule has 0 bridgehead atoms. The number of anilines is 3. The predicted octanol–water partition coefficient (Wildman–Crippen LogP) is 5.44. The second-order valence-corrected chi connectivity index (χ2v) is 8.71. The summed E-state index contributed by atoms with van der Waals surface area (Å²) in [5.41, 5.74) is 3.46. The van der Waals surface area contributed by atoms with Crippen LogP contribution in [-0.2, 0) is 0 Å². The van der Waals surface area contributed by atoms with Gasteiger partial charge in [0.1, 0.15) is 11.5 Å². The first-order valence-electron chi connectivity index (χ1n) is 12.0. The van der Waals surface area contributed by atoms with E-state index in [1.54, 1.807) is 38.5 Å². The molecule has 4 rings (SSSR count). The number of carbonyl (C=O) groups is 2. The average molecular weight is 489 g/mol. The minimum absolute atomic E-state index is 0.159. The fraction of sp³-hybridized carbons (Fsp3) is 0.286. The van der Waals surface area contributed by atoms with Gasteiger partial charge in [0.25, 0.3) is 5.91 Å². The molecule has 8 nitrogen and oxygen atoms in total. The van der Waals surface area contributed by atoms with Crippen LogP contribution in [0.1, 0.15) is 41.7 Å². The molecule has 3 aromatic rings. The molecular formula is C28H32N4O4. The van der Waals surface area contributed by atoms with Crippen LogP contribution in [-0.4, -0.2) is 39.2 Å². The molecule has 36 heavy (non-hydrogen) atoms. The number of nitrogens with zero attached hydrogens (tertiary/aromatic N) is 1. The Hall–Kier alpha value is -4.20. The van der Waals surface area contributed by atoms with Gasteiger partial charge in [-0.05, 0) is 43.5 Å². The van der Waals surface area contributed by atoms with E-state index in [1.807, 2.05) is 49.4 Å². The summed E-state index contributed by atoms with van der Waals surface area (Å²) < 4.78 is 10.5. The van der Waals surface area contributed by atoms with Crippen molar-refractivity contribution in [3.63, 3.8) is 0 Å². The Balaban J connectivity index is 1.53. The number of urea groups is 1. The molecule has 1 fully saturated rings. The molecule has 0 radical (unpaired) electrons. The molecule has 8 heteroatoms. The molecule has 1 atom stereocenters.